The van der Waals surface area contributed by atoms with Crippen LogP contribution in [0.1, 0.15) is 18.1 Å². The first-order valence-corrected chi connectivity index (χ1v) is 5.84. The zero-order chi connectivity index (χ0) is 11.8. The number of rotatable bonds is 1. The van der Waals surface area contributed by atoms with Crippen LogP contribution in [0.25, 0.3) is 21.8 Å². The molecule has 2 heteroatoms. The SMILES string of the molecule is CCC(=O)n1c2ccccc2c2ccccc21. The summed E-state index contributed by atoms with van der Waals surface area (Å²) in [4.78, 5) is 12.1. The van der Waals surface area contributed by atoms with Gasteiger partial charge in [0.15, 0.2) is 0 Å². The van der Waals surface area contributed by atoms with Crippen molar-refractivity contribution in [2.45, 2.75) is 13.3 Å². The number of benzene rings is 2. The molecule has 84 valence electrons. The molecule has 0 saturated heterocycles. The molecule has 3 aromatic rings. The molecule has 0 N–H and O–H groups in total. The van der Waals surface area contributed by atoms with Gasteiger partial charge in [-0.2, -0.15) is 0 Å². The van der Waals surface area contributed by atoms with Crippen molar-refractivity contribution in [2.75, 3.05) is 0 Å². The van der Waals surface area contributed by atoms with E-state index in [4.69, 9.17) is 0 Å². The van der Waals surface area contributed by atoms with E-state index in [0.717, 1.165) is 21.8 Å². The fraction of sp³-hybridized carbons (Fsp3) is 0.133. The van der Waals surface area contributed by atoms with Crippen LogP contribution in [-0.2, 0) is 0 Å². The van der Waals surface area contributed by atoms with Crippen molar-refractivity contribution in [3.8, 4) is 0 Å². The Kier molecular flexibility index (Phi) is 2.22. The number of hydrogen-bond acceptors (Lipinski definition) is 1. The first-order valence-electron chi connectivity index (χ1n) is 5.84. The highest BCUT2D eigenvalue weighted by atomic mass is 16.2. The van der Waals surface area contributed by atoms with E-state index in [1.54, 1.807) is 0 Å². The van der Waals surface area contributed by atoms with E-state index in [0.29, 0.717) is 6.42 Å². The second-order valence-electron chi connectivity index (χ2n) is 4.12. The molecule has 3 rings (SSSR count). The molecule has 0 spiro atoms. The minimum absolute atomic E-state index is 0.141. The molecule has 17 heavy (non-hydrogen) atoms. The third-order valence-corrected chi connectivity index (χ3v) is 3.13. The van der Waals surface area contributed by atoms with Crippen LogP contribution in [0.3, 0.4) is 0 Å². The minimum Gasteiger partial charge on any atom is -0.280 e. The van der Waals surface area contributed by atoms with Crippen LogP contribution in [0, 0.1) is 0 Å². The smallest absolute Gasteiger partial charge is 0.231 e. The van der Waals surface area contributed by atoms with E-state index in [9.17, 15) is 4.79 Å². The van der Waals surface area contributed by atoms with Crippen molar-refractivity contribution in [3.05, 3.63) is 48.5 Å². The standard InChI is InChI=1S/C15H13NO/c1-2-15(17)16-13-9-5-3-7-11(13)12-8-4-6-10-14(12)16/h3-10H,2H2,1H3. The highest BCUT2D eigenvalue weighted by molar-refractivity contribution is 6.13. The summed E-state index contributed by atoms with van der Waals surface area (Å²) in [6.45, 7) is 1.89. The average Bonchev–Trinajstić information content (AvgIpc) is 2.72. The Hall–Kier alpha value is -2.09. The third-order valence-electron chi connectivity index (χ3n) is 3.13. The maximum Gasteiger partial charge on any atom is 0.231 e. The Morgan fingerprint density at radius 2 is 1.41 bits per heavy atom. The van der Waals surface area contributed by atoms with E-state index in [1.165, 1.54) is 0 Å². The molecule has 1 heterocycles. The zero-order valence-corrected chi connectivity index (χ0v) is 9.68. The Morgan fingerprint density at radius 3 is 1.88 bits per heavy atom. The van der Waals surface area contributed by atoms with Crippen LogP contribution in [-0.4, -0.2) is 10.5 Å². The molecule has 0 radical (unpaired) electrons. The van der Waals surface area contributed by atoms with Crippen molar-refractivity contribution >= 4 is 27.7 Å². The minimum atomic E-state index is 0.141. The van der Waals surface area contributed by atoms with Gasteiger partial charge in [0.1, 0.15) is 0 Å². The second kappa shape index (κ2) is 3.74. The van der Waals surface area contributed by atoms with E-state index in [1.807, 2.05) is 47.9 Å². The number of hydrogen-bond donors (Lipinski definition) is 0. The van der Waals surface area contributed by atoms with Gasteiger partial charge in [0, 0.05) is 17.2 Å². The Balaban J connectivity index is 2.54. The quantitative estimate of drug-likeness (QED) is 0.614. The van der Waals surface area contributed by atoms with Crippen molar-refractivity contribution < 1.29 is 4.79 Å². The molecule has 0 atom stereocenters. The second-order valence-corrected chi connectivity index (χ2v) is 4.12. The van der Waals surface area contributed by atoms with Crippen LogP contribution in [0.5, 0.6) is 0 Å². The monoisotopic (exact) mass is 223 g/mol. The van der Waals surface area contributed by atoms with E-state index in [-0.39, 0.29) is 5.91 Å². The maximum absolute atomic E-state index is 12.1. The lowest BCUT2D eigenvalue weighted by Gasteiger charge is -2.02. The molecule has 0 saturated carbocycles. The lowest BCUT2D eigenvalue weighted by molar-refractivity contribution is 0.0919. The topological polar surface area (TPSA) is 22.0 Å². The Bertz CT molecular complexity index is 656. The van der Waals surface area contributed by atoms with Gasteiger partial charge in [-0.15, -0.1) is 0 Å². The molecule has 0 aliphatic heterocycles. The molecule has 0 aliphatic rings. The molecule has 2 nitrogen and oxygen atoms in total. The largest absolute Gasteiger partial charge is 0.280 e. The highest BCUT2D eigenvalue weighted by Gasteiger charge is 2.13. The van der Waals surface area contributed by atoms with E-state index in [2.05, 4.69) is 12.1 Å². The summed E-state index contributed by atoms with van der Waals surface area (Å²) >= 11 is 0. The van der Waals surface area contributed by atoms with Gasteiger partial charge < -0.3 is 0 Å². The van der Waals surface area contributed by atoms with Gasteiger partial charge in [0.05, 0.1) is 11.0 Å². The van der Waals surface area contributed by atoms with Crippen LogP contribution >= 0.6 is 0 Å². The third kappa shape index (κ3) is 1.37. The van der Waals surface area contributed by atoms with Gasteiger partial charge in [-0.1, -0.05) is 43.3 Å². The first-order chi connectivity index (χ1) is 8.33. The number of para-hydroxylation sites is 2. The number of carbonyl (C=O) groups is 1. The van der Waals surface area contributed by atoms with Gasteiger partial charge in [-0.3, -0.25) is 9.36 Å². The van der Waals surface area contributed by atoms with Gasteiger partial charge in [-0.25, -0.2) is 0 Å². The molecule has 0 amide bonds. The molecule has 0 unspecified atom stereocenters. The molecule has 2 aromatic carbocycles. The van der Waals surface area contributed by atoms with Gasteiger partial charge >= 0.3 is 0 Å². The van der Waals surface area contributed by atoms with Gasteiger partial charge in [0.25, 0.3) is 0 Å². The van der Waals surface area contributed by atoms with Crippen LogP contribution in [0.15, 0.2) is 48.5 Å². The zero-order valence-electron chi connectivity index (χ0n) is 9.68. The van der Waals surface area contributed by atoms with Crippen molar-refractivity contribution in [3.63, 3.8) is 0 Å². The van der Waals surface area contributed by atoms with Crippen LogP contribution in [0.4, 0.5) is 0 Å². The fourth-order valence-corrected chi connectivity index (χ4v) is 2.35. The normalized spacial score (nSPS) is 11.1. The van der Waals surface area contributed by atoms with Crippen LogP contribution < -0.4 is 0 Å². The fourth-order valence-electron chi connectivity index (χ4n) is 2.35. The maximum atomic E-state index is 12.1. The highest BCUT2D eigenvalue weighted by Crippen LogP contribution is 2.28. The van der Waals surface area contributed by atoms with Crippen molar-refractivity contribution in [2.24, 2.45) is 0 Å². The summed E-state index contributed by atoms with van der Waals surface area (Å²) in [7, 11) is 0. The number of aromatic nitrogens is 1. The molecule has 1 aromatic heterocycles. The number of carbonyl (C=O) groups excluding carboxylic acids is 1. The lowest BCUT2D eigenvalue weighted by Crippen LogP contribution is -2.07. The van der Waals surface area contributed by atoms with Crippen LogP contribution in [0.2, 0.25) is 0 Å². The molecular formula is C15H13NO. The summed E-state index contributed by atoms with van der Waals surface area (Å²) in [5.41, 5.74) is 2.00. The number of nitrogens with zero attached hydrogens (tertiary/aromatic N) is 1. The average molecular weight is 223 g/mol. The summed E-state index contributed by atoms with van der Waals surface area (Å²) in [5, 5.41) is 2.29. The summed E-state index contributed by atoms with van der Waals surface area (Å²) in [6, 6.07) is 16.1. The van der Waals surface area contributed by atoms with E-state index >= 15 is 0 Å². The summed E-state index contributed by atoms with van der Waals surface area (Å²) < 4.78 is 1.82. The predicted octanol–water partition coefficient (Wildman–Crippen LogP) is 3.84. The Morgan fingerprint density at radius 1 is 0.941 bits per heavy atom. The van der Waals surface area contributed by atoms with Crippen molar-refractivity contribution in [1.29, 1.82) is 0 Å². The molecule has 0 bridgehead atoms. The van der Waals surface area contributed by atoms with E-state index < -0.39 is 0 Å². The summed E-state index contributed by atoms with van der Waals surface area (Å²) in [5.74, 6) is 0.141. The molecule has 0 aliphatic carbocycles. The predicted molar refractivity (Wildman–Crippen MR) is 70.4 cm³/mol. The summed E-state index contributed by atoms with van der Waals surface area (Å²) in [6.07, 6.45) is 0.517. The van der Waals surface area contributed by atoms with Gasteiger partial charge in [0.2, 0.25) is 5.91 Å². The van der Waals surface area contributed by atoms with Crippen molar-refractivity contribution in [1.82, 2.24) is 4.57 Å². The molecular weight excluding hydrogens is 210 g/mol. The first kappa shape index (κ1) is 10.1. The Labute approximate surface area is 99.5 Å². The number of fused-ring (bicyclic) bond motifs is 3. The van der Waals surface area contributed by atoms with Gasteiger partial charge in [-0.05, 0) is 12.1 Å². The lowest BCUT2D eigenvalue weighted by atomic mass is 10.2. The molecule has 0 fully saturated rings.